The van der Waals surface area contributed by atoms with Gasteiger partial charge in [0.2, 0.25) is 5.91 Å². The van der Waals surface area contributed by atoms with Crippen LogP contribution in [0.1, 0.15) is 29.5 Å². The summed E-state index contributed by atoms with van der Waals surface area (Å²) >= 11 is 0. The number of carbonyl (C=O) groups excluding carboxylic acids is 1. The number of amides is 1. The highest BCUT2D eigenvalue weighted by atomic mass is 16.5. The van der Waals surface area contributed by atoms with Gasteiger partial charge in [-0.3, -0.25) is 4.79 Å². The molecule has 0 aliphatic heterocycles. The number of aryl methyl sites for hydroxylation is 1. The van der Waals surface area contributed by atoms with Gasteiger partial charge in [0.15, 0.2) is 0 Å². The normalized spacial score (nSPS) is 14.8. The van der Waals surface area contributed by atoms with E-state index in [9.17, 15) is 4.79 Å². The van der Waals surface area contributed by atoms with Gasteiger partial charge in [-0.15, -0.1) is 0 Å². The van der Waals surface area contributed by atoms with E-state index in [1.54, 1.807) is 7.11 Å². The van der Waals surface area contributed by atoms with Crippen molar-refractivity contribution in [2.45, 2.75) is 25.7 Å². The molecule has 4 heteroatoms. The number of hydrazone groups is 1. The number of nitrogens with one attached hydrogen (secondary N) is 1. The van der Waals surface area contributed by atoms with Crippen molar-refractivity contribution in [3.05, 3.63) is 77.4 Å². The third-order valence-electron chi connectivity index (χ3n) is 5.03. The lowest BCUT2D eigenvalue weighted by atomic mass is 9.90. The summed E-state index contributed by atoms with van der Waals surface area (Å²) in [5.41, 5.74) is 7.03. The van der Waals surface area contributed by atoms with Gasteiger partial charge in [0.25, 0.3) is 0 Å². The Morgan fingerprint density at radius 1 is 1.07 bits per heavy atom. The van der Waals surface area contributed by atoms with Gasteiger partial charge in [-0.25, -0.2) is 5.43 Å². The molecule has 1 amide bonds. The Hall–Kier alpha value is -3.14. The lowest BCUT2D eigenvalue weighted by Crippen LogP contribution is -2.23. The molecule has 0 heterocycles. The van der Waals surface area contributed by atoms with Gasteiger partial charge in [-0.1, -0.05) is 42.5 Å². The first-order valence-corrected chi connectivity index (χ1v) is 9.24. The minimum Gasteiger partial charge on any atom is -0.497 e. The standard InChI is InChI=1S/C23H22N2O2/c1-27-19-12-13-21-17(14-19)9-5-11-22(21)24-25-23(26)15-18-8-4-7-16-6-2-3-10-20(16)18/h2-4,6-8,10,12-14H,5,9,11,15H2,1H3,(H,25,26). The lowest BCUT2D eigenvalue weighted by molar-refractivity contribution is -0.120. The Morgan fingerprint density at radius 3 is 2.81 bits per heavy atom. The highest BCUT2D eigenvalue weighted by Gasteiger charge is 2.17. The number of methoxy groups -OCH3 is 1. The second-order valence-electron chi connectivity index (χ2n) is 6.79. The molecular formula is C23H22N2O2. The van der Waals surface area contributed by atoms with Crippen LogP contribution in [0.15, 0.2) is 65.8 Å². The maximum atomic E-state index is 12.5. The van der Waals surface area contributed by atoms with Crippen molar-refractivity contribution in [1.82, 2.24) is 5.43 Å². The molecule has 3 aromatic rings. The lowest BCUT2D eigenvalue weighted by Gasteiger charge is -2.18. The third kappa shape index (κ3) is 3.70. The van der Waals surface area contributed by atoms with Crippen LogP contribution in [0.2, 0.25) is 0 Å². The van der Waals surface area contributed by atoms with Crippen molar-refractivity contribution in [2.24, 2.45) is 5.10 Å². The quantitative estimate of drug-likeness (QED) is 0.709. The van der Waals surface area contributed by atoms with Crippen LogP contribution in [-0.2, 0) is 17.6 Å². The van der Waals surface area contributed by atoms with E-state index < -0.39 is 0 Å². The largest absolute Gasteiger partial charge is 0.497 e. The summed E-state index contributed by atoms with van der Waals surface area (Å²) < 4.78 is 5.31. The summed E-state index contributed by atoms with van der Waals surface area (Å²) in [4.78, 5) is 12.5. The maximum absolute atomic E-state index is 12.5. The van der Waals surface area contributed by atoms with E-state index in [0.717, 1.165) is 52.6 Å². The molecule has 0 atom stereocenters. The number of ether oxygens (including phenoxy) is 1. The molecule has 1 aliphatic rings. The molecular weight excluding hydrogens is 336 g/mol. The van der Waals surface area contributed by atoms with Crippen LogP contribution in [0, 0.1) is 0 Å². The van der Waals surface area contributed by atoms with Crippen molar-refractivity contribution in [3.8, 4) is 5.75 Å². The van der Waals surface area contributed by atoms with E-state index in [1.807, 2.05) is 36.4 Å². The van der Waals surface area contributed by atoms with Crippen LogP contribution in [0.5, 0.6) is 5.75 Å². The number of rotatable bonds is 4. The third-order valence-corrected chi connectivity index (χ3v) is 5.03. The smallest absolute Gasteiger partial charge is 0.244 e. The van der Waals surface area contributed by atoms with Crippen molar-refractivity contribution in [1.29, 1.82) is 0 Å². The molecule has 27 heavy (non-hydrogen) atoms. The van der Waals surface area contributed by atoms with Gasteiger partial charge >= 0.3 is 0 Å². The molecule has 1 aliphatic carbocycles. The van der Waals surface area contributed by atoms with Crippen molar-refractivity contribution in [2.75, 3.05) is 7.11 Å². The summed E-state index contributed by atoms with van der Waals surface area (Å²) in [5.74, 6) is 0.759. The summed E-state index contributed by atoms with van der Waals surface area (Å²) in [6, 6.07) is 20.2. The average Bonchev–Trinajstić information content (AvgIpc) is 2.72. The van der Waals surface area contributed by atoms with E-state index in [4.69, 9.17) is 4.74 Å². The van der Waals surface area contributed by atoms with Crippen LogP contribution in [0.3, 0.4) is 0 Å². The second-order valence-corrected chi connectivity index (χ2v) is 6.79. The summed E-state index contributed by atoms with van der Waals surface area (Å²) in [5, 5.41) is 6.68. The zero-order valence-corrected chi connectivity index (χ0v) is 15.4. The minimum atomic E-state index is -0.0977. The van der Waals surface area contributed by atoms with Crippen LogP contribution in [0.25, 0.3) is 10.8 Å². The Morgan fingerprint density at radius 2 is 1.93 bits per heavy atom. The van der Waals surface area contributed by atoms with E-state index in [0.29, 0.717) is 6.42 Å². The second kappa shape index (κ2) is 7.62. The number of fused-ring (bicyclic) bond motifs is 2. The van der Waals surface area contributed by atoms with Crippen LogP contribution < -0.4 is 10.2 Å². The van der Waals surface area contributed by atoms with Crippen molar-refractivity contribution >= 4 is 22.4 Å². The number of nitrogens with zero attached hydrogens (tertiary/aromatic N) is 1. The van der Waals surface area contributed by atoms with Gasteiger partial charge in [-0.05, 0) is 59.4 Å². The minimum absolute atomic E-state index is 0.0977. The monoisotopic (exact) mass is 358 g/mol. The SMILES string of the molecule is COc1ccc2c(c1)CCCC2=NNC(=O)Cc1cccc2ccccc12. The molecule has 0 bridgehead atoms. The van der Waals surface area contributed by atoms with Gasteiger partial charge in [0.05, 0.1) is 19.2 Å². The molecule has 0 unspecified atom stereocenters. The first-order chi connectivity index (χ1) is 13.2. The van der Waals surface area contributed by atoms with Gasteiger partial charge in [0.1, 0.15) is 5.75 Å². The summed E-state index contributed by atoms with van der Waals surface area (Å²) in [7, 11) is 1.67. The van der Waals surface area contributed by atoms with Gasteiger partial charge in [0, 0.05) is 5.56 Å². The van der Waals surface area contributed by atoms with E-state index in [2.05, 4.69) is 34.8 Å². The Labute approximate surface area is 158 Å². The fourth-order valence-corrected chi connectivity index (χ4v) is 3.67. The zero-order valence-electron chi connectivity index (χ0n) is 15.4. The molecule has 4 rings (SSSR count). The molecule has 0 fully saturated rings. The van der Waals surface area contributed by atoms with Gasteiger partial charge in [-0.2, -0.15) is 5.10 Å². The summed E-state index contributed by atoms with van der Waals surface area (Å²) in [6.07, 6.45) is 3.22. The molecule has 0 aromatic heterocycles. The van der Waals surface area contributed by atoms with Crippen LogP contribution in [-0.4, -0.2) is 18.7 Å². The molecule has 0 saturated carbocycles. The molecule has 0 saturated heterocycles. The molecule has 0 radical (unpaired) electrons. The summed E-state index contributed by atoms with van der Waals surface area (Å²) in [6.45, 7) is 0. The molecule has 0 spiro atoms. The maximum Gasteiger partial charge on any atom is 0.244 e. The van der Waals surface area contributed by atoms with Crippen LogP contribution in [0.4, 0.5) is 0 Å². The highest BCUT2D eigenvalue weighted by Crippen LogP contribution is 2.25. The predicted octanol–water partition coefficient (Wildman–Crippen LogP) is 4.25. The number of hydrogen-bond acceptors (Lipinski definition) is 3. The van der Waals surface area contributed by atoms with E-state index in [1.165, 1.54) is 5.56 Å². The first kappa shape index (κ1) is 17.3. The predicted molar refractivity (Wildman–Crippen MR) is 108 cm³/mol. The van der Waals surface area contributed by atoms with E-state index in [-0.39, 0.29) is 5.91 Å². The highest BCUT2D eigenvalue weighted by molar-refractivity contribution is 6.03. The fourth-order valence-electron chi connectivity index (χ4n) is 3.67. The molecule has 1 N–H and O–H groups in total. The number of hydrogen-bond donors (Lipinski definition) is 1. The number of benzene rings is 3. The molecule has 3 aromatic carbocycles. The van der Waals surface area contributed by atoms with Crippen molar-refractivity contribution in [3.63, 3.8) is 0 Å². The van der Waals surface area contributed by atoms with E-state index >= 15 is 0 Å². The topological polar surface area (TPSA) is 50.7 Å². The molecule has 4 nitrogen and oxygen atoms in total. The number of carbonyl (C=O) groups is 1. The fraction of sp³-hybridized carbons (Fsp3) is 0.217. The Bertz CT molecular complexity index is 1020. The van der Waals surface area contributed by atoms with Crippen LogP contribution >= 0.6 is 0 Å². The first-order valence-electron chi connectivity index (χ1n) is 9.24. The zero-order chi connectivity index (χ0) is 18.6. The Balaban J connectivity index is 1.51. The van der Waals surface area contributed by atoms with Crippen molar-refractivity contribution < 1.29 is 9.53 Å². The average molecular weight is 358 g/mol. The molecule has 136 valence electrons. The van der Waals surface area contributed by atoms with Gasteiger partial charge < -0.3 is 4.74 Å². The Kier molecular flexibility index (Phi) is 4.88.